The third kappa shape index (κ3) is 0.913. The van der Waals surface area contributed by atoms with Crippen molar-refractivity contribution in [3.8, 4) is 0 Å². The smallest absolute Gasteiger partial charge is 0.310 e. The van der Waals surface area contributed by atoms with Crippen LogP contribution in [0.4, 0.5) is 0 Å². The summed E-state index contributed by atoms with van der Waals surface area (Å²) in [5.41, 5.74) is 2.22. The lowest BCUT2D eigenvalue weighted by atomic mass is 9.36. The van der Waals surface area contributed by atoms with Gasteiger partial charge in [-0.25, -0.2) is 0 Å². The summed E-state index contributed by atoms with van der Waals surface area (Å²) in [6.45, 7) is 0. The average Bonchev–Trinajstić information content (AvgIpc) is 2.58. The summed E-state index contributed by atoms with van der Waals surface area (Å²) in [6, 6.07) is 0. The molecule has 3 fully saturated rings. The Morgan fingerprint density at radius 1 is 1.41 bits per heavy atom. The summed E-state index contributed by atoms with van der Waals surface area (Å²) in [5, 5.41) is 17.7. The molecule has 17 heavy (non-hydrogen) atoms. The quantitative estimate of drug-likeness (QED) is 0.774. The number of allylic oxidation sites excluding steroid dienone is 1. The number of aliphatic carboxylic acids is 1. The molecule has 0 spiro atoms. The van der Waals surface area contributed by atoms with Crippen molar-refractivity contribution in [3.05, 3.63) is 11.8 Å². The van der Waals surface area contributed by atoms with Crippen LogP contribution >= 0.6 is 0 Å². The molecule has 1 unspecified atom stereocenters. The number of rotatable bonds is 2. The van der Waals surface area contributed by atoms with Gasteiger partial charge in [0.05, 0.1) is 16.8 Å². The van der Waals surface area contributed by atoms with E-state index in [-0.39, 0.29) is 5.92 Å². The van der Waals surface area contributed by atoms with E-state index in [0.717, 1.165) is 29.8 Å². The molecule has 2 aliphatic heterocycles. The minimum Gasteiger partial charge on any atom is -0.481 e. The van der Waals surface area contributed by atoms with E-state index in [1.54, 1.807) is 12.4 Å². The highest BCUT2D eigenvalue weighted by Gasteiger charge is 2.72. The fraction of sp³-hybridized carbons (Fsp3) is 0.500. The number of carbonyl (C=O) groups is 1. The lowest BCUT2D eigenvalue weighted by Gasteiger charge is -2.65. The lowest BCUT2D eigenvalue weighted by molar-refractivity contribution is -0.199. The zero-order valence-electron chi connectivity index (χ0n) is 9.13. The molecule has 3 saturated carbocycles. The zero-order chi connectivity index (χ0) is 11.6. The molecule has 0 aromatic rings. The highest BCUT2D eigenvalue weighted by molar-refractivity contribution is 6.31. The summed E-state index contributed by atoms with van der Waals surface area (Å²) in [6.07, 6.45) is 5.88. The van der Waals surface area contributed by atoms with E-state index in [2.05, 4.69) is 15.2 Å². The summed E-state index contributed by atoms with van der Waals surface area (Å²) < 4.78 is 0. The van der Waals surface area contributed by atoms with Gasteiger partial charge in [-0.15, -0.1) is 0 Å². The Hall–Kier alpha value is -1.78. The van der Waals surface area contributed by atoms with E-state index in [0.29, 0.717) is 12.3 Å². The predicted octanol–water partition coefficient (Wildman–Crippen LogP) is 1.27. The molecule has 3 aliphatic carbocycles. The summed E-state index contributed by atoms with van der Waals surface area (Å²) in [5.74, 6) is -0.118. The third-order valence-electron chi connectivity index (χ3n) is 4.50. The first kappa shape index (κ1) is 9.27. The van der Waals surface area contributed by atoms with Crippen molar-refractivity contribution in [2.45, 2.75) is 19.3 Å². The van der Waals surface area contributed by atoms with Crippen molar-refractivity contribution in [2.24, 2.45) is 32.4 Å². The van der Waals surface area contributed by atoms with Crippen molar-refractivity contribution in [1.29, 1.82) is 0 Å². The number of carboxylic acids is 1. The molecule has 0 aromatic heterocycles. The highest BCUT2D eigenvalue weighted by Crippen LogP contribution is 2.70. The zero-order valence-corrected chi connectivity index (χ0v) is 9.13. The van der Waals surface area contributed by atoms with Crippen LogP contribution < -0.4 is 0 Å². The summed E-state index contributed by atoms with van der Waals surface area (Å²) >= 11 is 0. The van der Waals surface area contributed by atoms with E-state index >= 15 is 0 Å². The monoisotopic (exact) mass is 229 g/mol. The molecule has 2 bridgehead atoms. The second-order valence-electron chi connectivity index (χ2n) is 5.22. The predicted molar refractivity (Wildman–Crippen MR) is 62.3 cm³/mol. The van der Waals surface area contributed by atoms with Gasteiger partial charge < -0.3 is 5.11 Å². The maximum atomic E-state index is 11.3. The number of fused-ring (bicyclic) bond motifs is 1. The number of carboxylic acid groups (broad SMARTS) is 1. The van der Waals surface area contributed by atoms with E-state index in [4.69, 9.17) is 0 Å². The van der Waals surface area contributed by atoms with Crippen molar-refractivity contribution >= 4 is 23.6 Å². The maximum absolute atomic E-state index is 11.3. The fourth-order valence-electron chi connectivity index (χ4n) is 3.45. The van der Waals surface area contributed by atoms with Crippen LogP contribution in [0.2, 0.25) is 0 Å². The van der Waals surface area contributed by atoms with Crippen LogP contribution in [-0.4, -0.2) is 28.7 Å². The van der Waals surface area contributed by atoms with Gasteiger partial charge in [0.15, 0.2) is 0 Å². The van der Waals surface area contributed by atoms with Crippen molar-refractivity contribution in [1.82, 2.24) is 0 Å². The van der Waals surface area contributed by atoms with Crippen LogP contribution in [0.15, 0.2) is 27.0 Å². The fourth-order valence-corrected chi connectivity index (χ4v) is 3.45. The number of nitrogens with zero attached hydrogens (tertiary/aromatic N) is 3. The Bertz CT molecular complexity index is 550. The number of aliphatic imine (C=N–C) groups is 1. The second-order valence-corrected chi connectivity index (χ2v) is 5.22. The molecule has 86 valence electrons. The van der Waals surface area contributed by atoms with Gasteiger partial charge in [0.2, 0.25) is 0 Å². The maximum Gasteiger partial charge on any atom is 0.310 e. The molecular weight excluding hydrogens is 218 g/mol. The normalized spacial score (nSPS) is 40.6. The van der Waals surface area contributed by atoms with Gasteiger partial charge >= 0.3 is 5.97 Å². The molecule has 0 aromatic carbocycles. The van der Waals surface area contributed by atoms with Gasteiger partial charge in [-0.05, 0) is 18.8 Å². The van der Waals surface area contributed by atoms with Crippen LogP contribution in [0.3, 0.4) is 0 Å². The van der Waals surface area contributed by atoms with Crippen LogP contribution in [0.1, 0.15) is 19.3 Å². The Balaban J connectivity index is 1.69. The first-order chi connectivity index (χ1) is 8.22. The van der Waals surface area contributed by atoms with Crippen LogP contribution in [0.5, 0.6) is 0 Å². The van der Waals surface area contributed by atoms with Crippen molar-refractivity contribution < 1.29 is 9.90 Å². The molecule has 2 heterocycles. The van der Waals surface area contributed by atoms with E-state index in [9.17, 15) is 9.90 Å². The van der Waals surface area contributed by atoms with Crippen LogP contribution in [-0.2, 0) is 4.79 Å². The third-order valence-corrected chi connectivity index (χ3v) is 4.50. The molecular formula is C12H11N3O2. The first-order valence-corrected chi connectivity index (χ1v) is 5.83. The minimum absolute atomic E-state index is 0.0702. The van der Waals surface area contributed by atoms with Crippen LogP contribution in [0.25, 0.3) is 0 Å². The van der Waals surface area contributed by atoms with E-state index in [1.165, 1.54) is 0 Å². The minimum atomic E-state index is -0.680. The van der Waals surface area contributed by atoms with Gasteiger partial charge in [0, 0.05) is 30.3 Å². The largest absolute Gasteiger partial charge is 0.481 e. The van der Waals surface area contributed by atoms with Gasteiger partial charge in [-0.2, -0.15) is 10.2 Å². The van der Waals surface area contributed by atoms with Crippen LogP contribution in [0, 0.1) is 17.3 Å². The SMILES string of the molecule is O=C(O)C12CC(C1)C2C1=NN=C2CC=NC=C21. The van der Waals surface area contributed by atoms with Crippen molar-refractivity contribution in [3.63, 3.8) is 0 Å². The van der Waals surface area contributed by atoms with Gasteiger partial charge in [0.25, 0.3) is 0 Å². The molecule has 5 rings (SSSR count). The van der Waals surface area contributed by atoms with Gasteiger partial charge in [-0.1, -0.05) is 0 Å². The molecule has 5 aliphatic rings. The molecule has 0 radical (unpaired) electrons. The molecule has 1 N–H and O–H groups in total. The van der Waals surface area contributed by atoms with Gasteiger partial charge in [-0.3, -0.25) is 9.79 Å². The molecule has 0 amide bonds. The first-order valence-electron chi connectivity index (χ1n) is 5.83. The second kappa shape index (κ2) is 2.72. The highest BCUT2D eigenvalue weighted by atomic mass is 16.4. The molecule has 5 nitrogen and oxygen atoms in total. The van der Waals surface area contributed by atoms with E-state index < -0.39 is 11.4 Å². The van der Waals surface area contributed by atoms with Crippen molar-refractivity contribution in [2.75, 3.05) is 0 Å². The average molecular weight is 229 g/mol. The Labute approximate surface area is 97.7 Å². The molecule has 5 heteroatoms. The topological polar surface area (TPSA) is 74.4 Å². The Morgan fingerprint density at radius 2 is 2.24 bits per heavy atom. The molecule has 1 atom stereocenters. The molecule has 0 saturated heterocycles. The summed E-state index contributed by atoms with van der Waals surface area (Å²) in [4.78, 5) is 15.4. The number of hydrogen-bond acceptors (Lipinski definition) is 4. The Kier molecular flexibility index (Phi) is 1.48. The Morgan fingerprint density at radius 3 is 2.88 bits per heavy atom. The number of hydrogen-bond donors (Lipinski definition) is 1. The summed E-state index contributed by atoms with van der Waals surface area (Å²) in [7, 11) is 0. The standard InChI is InChI=1S/C12H11N3O2/c16-11(17)12-3-6(4-12)9(12)10-7-5-13-2-1-8(7)14-15-10/h2,5-6,9H,1,3-4H2,(H,16,17). The lowest BCUT2D eigenvalue weighted by Crippen LogP contribution is -2.68. The van der Waals surface area contributed by atoms with Gasteiger partial charge in [0.1, 0.15) is 0 Å². The van der Waals surface area contributed by atoms with E-state index in [1.807, 2.05) is 0 Å².